The number of morpholine rings is 1. The Kier molecular flexibility index (Phi) is 8.97. The number of carbonyl (C=O) groups is 1. The van der Waals surface area contributed by atoms with Gasteiger partial charge in [0.1, 0.15) is 5.82 Å². The summed E-state index contributed by atoms with van der Waals surface area (Å²) < 4.78 is 20.3. The van der Waals surface area contributed by atoms with Crippen molar-refractivity contribution in [1.82, 2.24) is 19.8 Å². The Morgan fingerprint density at radius 3 is 2.68 bits per heavy atom. The standard InChI is InChI=1S/C24H27FN4O3S2/c25-18-6-8-19(9-7-18)29-23(31)20-4-1-2-5-21(20)27-24(29)34-17-33-16-22(30)26-10-3-11-28-12-14-32-15-13-28/h1-2,4-9H,3,10-17H2,(H,26,30). The normalized spacial score (nSPS) is 14.4. The van der Waals surface area contributed by atoms with Crippen LogP contribution in [0, 0.1) is 5.82 Å². The van der Waals surface area contributed by atoms with Gasteiger partial charge in [0, 0.05) is 24.7 Å². The molecule has 4 rings (SSSR count). The molecule has 2 heterocycles. The summed E-state index contributed by atoms with van der Waals surface area (Å²) in [5.41, 5.74) is 0.953. The summed E-state index contributed by atoms with van der Waals surface area (Å²) >= 11 is 2.86. The molecule has 0 bridgehead atoms. The molecule has 2 aromatic carbocycles. The van der Waals surface area contributed by atoms with Crippen LogP contribution in [0.1, 0.15) is 6.42 Å². The van der Waals surface area contributed by atoms with Crippen LogP contribution in [0.15, 0.2) is 58.5 Å². The molecule has 0 spiro atoms. The summed E-state index contributed by atoms with van der Waals surface area (Å²) in [6.45, 7) is 5.07. The number of benzene rings is 2. The molecule has 1 aromatic heterocycles. The Morgan fingerprint density at radius 2 is 1.88 bits per heavy atom. The van der Waals surface area contributed by atoms with Gasteiger partial charge in [-0.3, -0.25) is 19.1 Å². The number of hydrogen-bond donors (Lipinski definition) is 1. The maximum absolute atomic E-state index is 13.4. The molecule has 10 heteroatoms. The van der Waals surface area contributed by atoms with Crippen LogP contribution in [0.2, 0.25) is 0 Å². The summed E-state index contributed by atoms with van der Waals surface area (Å²) in [7, 11) is 0. The van der Waals surface area contributed by atoms with Crippen molar-refractivity contribution in [1.29, 1.82) is 0 Å². The summed E-state index contributed by atoms with van der Waals surface area (Å²) in [5, 5.41) is 4.52. The molecule has 1 N–H and O–H groups in total. The van der Waals surface area contributed by atoms with Gasteiger partial charge in [-0.15, -0.1) is 11.8 Å². The van der Waals surface area contributed by atoms with E-state index in [9.17, 15) is 14.0 Å². The number of nitrogens with one attached hydrogen (secondary N) is 1. The largest absolute Gasteiger partial charge is 0.379 e. The summed E-state index contributed by atoms with van der Waals surface area (Å²) in [4.78, 5) is 32.4. The van der Waals surface area contributed by atoms with Crippen LogP contribution in [-0.4, -0.2) is 70.6 Å². The Labute approximate surface area is 206 Å². The number of nitrogens with zero attached hydrogens (tertiary/aromatic N) is 3. The number of ether oxygens (including phenoxy) is 1. The Hall–Kier alpha value is -2.40. The molecular formula is C24H27FN4O3S2. The Bertz CT molecular complexity index is 1170. The Morgan fingerprint density at radius 1 is 1.12 bits per heavy atom. The number of fused-ring (bicyclic) bond motifs is 1. The average molecular weight is 503 g/mol. The second-order valence-electron chi connectivity index (χ2n) is 7.80. The fraction of sp³-hybridized carbons (Fsp3) is 0.375. The monoisotopic (exact) mass is 502 g/mol. The van der Waals surface area contributed by atoms with Crippen LogP contribution < -0.4 is 10.9 Å². The SMILES string of the molecule is O=C(CSCSc1nc2ccccc2c(=O)n1-c1ccc(F)cc1)NCCCN1CCOCC1. The van der Waals surface area contributed by atoms with Gasteiger partial charge in [0.05, 0.1) is 35.6 Å². The van der Waals surface area contributed by atoms with E-state index in [4.69, 9.17) is 4.74 Å². The molecule has 3 aromatic rings. The second kappa shape index (κ2) is 12.3. The number of aromatic nitrogens is 2. The van der Waals surface area contributed by atoms with Crippen LogP contribution in [0.4, 0.5) is 4.39 Å². The van der Waals surface area contributed by atoms with Crippen molar-refractivity contribution >= 4 is 40.3 Å². The summed E-state index contributed by atoms with van der Waals surface area (Å²) in [6.07, 6.45) is 0.913. The van der Waals surface area contributed by atoms with Crippen molar-refractivity contribution in [3.8, 4) is 5.69 Å². The number of amides is 1. The zero-order chi connectivity index (χ0) is 23.8. The highest BCUT2D eigenvalue weighted by molar-refractivity contribution is 8.16. The zero-order valence-electron chi connectivity index (χ0n) is 18.7. The number of thioether (sulfide) groups is 2. The molecule has 1 aliphatic heterocycles. The quantitative estimate of drug-likeness (QED) is 0.198. The number of para-hydroxylation sites is 1. The zero-order valence-corrected chi connectivity index (χ0v) is 20.4. The van der Waals surface area contributed by atoms with E-state index in [1.807, 2.05) is 6.07 Å². The summed E-state index contributed by atoms with van der Waals surface area (Å²) in [6, 6.07) is 12.9. The van der Waals surface area contributed by atoms with E-state index in [2.05, 4.69) is 15.2 Å². The van der Waals surface area contributed by atoms with Crippen molar-refractivity contribution < 1.29 is 13.9 Å². The maximum Gasteiger partial charge on any atom is 0.266 e. The van der Waals surface area contributed by atoms with Crippen LogP contribution >= 0.6 is 23.5 Å². The molecule has 0 aliphatic carbocycles. The van der Waals surface area contributed by atoms with Crippen molar-refractivity contribution in [2.45, 2.75) is 11.6 Å². The third-order valence-electron chi connectivity index (χ3n) is 5.41. The molecule has 1 aliphatic rings. The lowest BCUT2D eigenvalue weighted by Gasteiger charge is -2.26. The van der Waals surface area contributed by atoms with Gasteiger partial charge in [0.2, 0.25) is 5.91 Å². The third-order valence-corrected chi connectivity index (χ3v) is 7.55. The first-order chi connectivity index (χ1) is 16.6. The fourth-order valence-corrected chi connectivity index (χ4v) is 5.52. The van der Waals surface area contributed by atoms with E-state index in [0.29, 0.717) is 39.1 Å². The predicted molar refractivity (Wildman–Crippen MR) is 135 cm³/mol. The minimum atomic E-state index is -0.369. The predicted octanol–water partition coefficient (Wildman–Crippen LogP) is 3.15. The second-order valence-corrected chi connectivity index (χ2v) is 10.1. The molecule has 0 radical (unpaired) electrons. The van der Waals surface area contributed by atoms with E-state index in [1.54, 1.807) is 30.3 Å². The topological polar surface area (TPSA) is 76.5 Å². The number of carbonyl (C=O) groups excluding carboxylic acids is 1. The minimum absolute atomic E-state index is 0.00465. The van der Waals surface area contributed by atoms with E-state index in [1.165, 1.54) is 40.2 Å². The lowest BCUT2D eigenvalue weighted by atomic mass is 10.2. The molecule has 1 fully saturated rings. The Balaban J connectivity index is 1.32. The smallest absolute Gasteiger partial charge is 0.266 e. The first kappa shape index (κ1) is 24.7. The van der Waals surface area contributed by atoms with Crippen LogP contribution in [-0.2, 0) is 9.53 Å². The van der Waals surface area contributed by atoms with Gasteiger partial charge in [-0.25, -0.2) is 9.37 Å². The van der Waals surface area contributed by atoms with E-state index >= 15 is 0 Å². The molecule has 180 valence electrons. The van der Waals surface area contributed by atoms with Crippen LogP contribution in [0.3, 0.4) is 0 Å². The molecule has 0 unspecified atom stereocenters. The molecule has 1 saturated heterocycles. The molecule has 0 atom stereocenters. The van der Waals surface area contributed by atoms with Gasteiger partial charge in [-0.1, -0.05) is 23.9 Å². The molecule has 0 saturated carbocycles. The third kappa shape index (κ3) is 6.59. The lowest BCUT2D eigenvalue weighted by molar-refractivity contribution is -0.118. The molecule has 34 heavy (non-hydrogen) atoms. The number of hydrogen-bond acceptors (Lipinski definition) is 7. The highest BCUT2D eigenvalue weighted by Gasteiger charge is 2.14. The molecule has 7 nitrogen and oxygen atoms in total. The van der Waals surface area contributed by atoms with Gasteiger partial charge in [0.25, 0.3) is 5.56 Å². The molecule has 1 amide bonds. The van der Waals surface area contributed by atoms with E-state index < -0.39 is 0 Å². The maximum atomic E-state index is 13.4. The van der Waals surface area contributed by atoms with Crippen LogP contribution in [0.5, 0.6) is 0 Å². The highest BCUT2D eigenvalue weighted by Crippen LogP contribution is 2.24. The lowest BCUT2D eigenvalue weighted by Crippen LogP contribution is -2.38. The minimum Gasteiger partial charge on any atom is -0.379 e. The first-order valence-electron chi connectivity index (χ1n) is 11.2. The van der Waals surface area contributed by atoms with Gasteiger partial charge in [0.15, 0.2) is 5.16 Å². The summed E-state index contributed by atoms with van der Waals surface area (Å²) in [5.74, 6) is -0.0416. The first-order valence-corrected chi connectivity index (χ1v) is 13.3. The van der Waals surface area contributed by atoms with Gasteiger partial charge >= 0.3 is 0 Å². The van der Waals surface area contributed by atoms with E-state index in [0.717, 1.165) is 39.3 Å². The molecular weight excluding hydrogens is 475 g/mol. The van der Waals surface area contributed by atoms with Gasteiger partial charge in [-0.2, -0.15) is 0 Å². The van der Waals surface area contributed by atoms with E-state index in [-0.39, 0.29) is 17.3 Å². The van der Waals surface area contributed by atoms with Crippen LogP contribution in [0.25, 0.3) is 16.6 Å². The van der Waals surface area contributed by atoms with Crippen molar-refractivity contribution in [3.63, 3.8) is 0 Å². The fourth-order valence-electron chi connectivity index (χ4n) is 3.66. The van der Waals surface area contributed by atoms with Crippen molar-refractivity contribution in [2.24, 2.45) is 0 Å². The van der Waals surface area contributed by atoms with Gasteiger partial charge in [-0.05, 0) is 49.4 Å². The average Bonchev–Trinajstić information content (AvgIpc) is 2.86. The van der Waals surface area contributed by atoms with Crippen molar-refractivity contribution in [2.75, 3.05) is 50.2 Å². The van der Waals surface area contributed by atoms with Crippen molar-refractivity contribution in [3.05, 3.63) is 64.7 Å². The highest BCUT2D eigenvalue weighted by atomic mass is 32.2. The van der Waals surface area contributed by atoms with Gasteiger partial charge < -0.3 is 10.1 Å². The number of halogens is 1. The number of rotatable bonds is 10.